The van der Waals surface area contributed by atoms with Crippen molar-refractivity contribution >= 4 is 5.91 Å². The Bertz CT molecular complexity index is 1300. The van der Waals surface area contributed by atoms with Gasteiger partial charge in [-0.15, -0.1) is 0 Å². The molecule has 1 atom stereocenters. The lowest BCUT2D eigenvalue weighted by molar-refractivity contribution is 0.0728. The Balaban J connectivity index is 1.48. The lowest BCUT2D eigenvalue weighted by Crippen LogP contribution is -2.32. The lowest BCUT2D eigenvalue weighted by Gasteiger charge is -2.23. The number of hydrogen-bond donors (Lipinski definition) is 0. The summed E-state index contributed by atoms with van der Waals surface area (Å²) in [6, 6.07) is 11.2. The van der Waals surface area contributed by atoms with E-state index in [1.54, 1.807) is 19.5 Å². The van der Waals surface area contributed by atoms with E-state index in [1.165, 1.54) is 4.80 Å². The normalized spacial score (nSPS) is 15.7. The summed E-state index contributed by atoms with van der Waals surface area (Å²) in [5.74, 6) is 1.42. The Hall–Kier alpha value is -4.01. The molecule has 1 fully saturated rings. The van der Waals surface area contributed by atoms with Gasteiger partial charge in [-0.1, -0.05) is 28.4 Å². The third-order valence-electron chi connectivity index (χ3n) is 5.86. The number of amides is 1. The molecule has 0 bridgehead atoms. The van der Waals surface area contributed by atoms with E-state index in [4.69, 9.17) is 9.26 Å². The van der Waals surface area contributed by atoms with Crippen LogP contribution in [0.25, 0.3) is 17.1 Å². The predicted molar refractivity (Wildman–Crippen MR) is 120 cm³/mol. The largest absolute Gasteiger partial charge is 0.496 e. The summed E-state index contributed by atoms with van der Waals surface area (Å²) in [7, 11) is 1.61. The van der Waals surface area contributed by atoms with E-state index in [0.717, 1.165) is 29.5 Å². The van der Waals surface area contributed by atoms with Gasteiger partial charge in [0.25, 0.3) is 11.8 Å². The Morgan fingerprint density at radius 1 is 1.09 bits per heavy atom. The van der Waals surface area contributed by atoms with Crippen LogP contribution in [0.5, 0.6) is 5.75 Å². The number of benzene rings is 2. The van der Waals surface area contributed by atoms with Crippen LogP contribution < -0.4 is 4.74 Å². The summed E-state index contributed by atoms with van der Waals surface area (Å²) in [6.45, 7) is 4.56. The van der Waals surface area contributed by atoms with Gasteiger partial charge in [0, 0.05) is 6.54 Å². The van der Waals surface area contributed by atoms with Crippen LogP contribution in [0.2, 0.25) is 0 Å². The molecule has 0 saturated carbocycles. The molecule has 4 aromatic rings. The monoisotopic (exact) mass is 444 g/mol. The molecular weight excluding hydrogens is 420 g/mol. The maximum Gasteiger partial charge on any atom is 0.261 e. The summed E-state index contributed by atoms with van der Waals surface area (Å²) < 4.78 is 11.1. The van der Waals surface area contributed by atoms with E-state index in [1.807, 2.05) is 55.1 Å². The Morgan fingerprint density at radius 2 is 1.85 bits per heavy atom. The molecule has 33 heavy (non-hydrogen) atoms. The predicted octanol–water partition coefficient (Wildman–Crippen LogP) is 3.92. The average molecular weight is 444 g/mol. The van der Waals surface area contributed by atoms with Crippen molar-refractivity contribution in [2.75, 3.05) is 13.7 Å². The molecule has 0 spiro atoms. The van der Waals surface area contributed by atoms with Crippen LogP contribution in [0, 0.1) is 13.8 Å². The second-order valence-corrected chi connectivity index (χ2v) is 8.16. The summed E-state index contributed by atoms with van der Waals surface area (Å²) >= 11 is 0. The number of carbonyl (C=O) groups is 1. The fraction of sp³-hybridized carbons (Fsp3) is 0.292. The number of aromatic nitrogens is 5. The molecule has 9 heteroatoms. The van der Waals surface area contributed by atoms with Gasteiger partial charge < -0.3 is 14.2 Å². The Kier molecular flexibility index (Phi) is 5.37. The van der Waals surface area contributed by atoms with Crippen LogP contribution in [0.1, 0.15) is 46.2 Å². The van der Waals surface area contributed by atoms with Gasteiger partial charge in [-0.2, -0.15) is 20.0 Å². The van der Waals surface area contributed by atoms with Crippen LogP contribution in [0.15, 0.2) is 53.3 Å². The molecule has 3 heterocycles. The van der Waals surface area contributed by atoms with Gasteiger partial charge in [0.1, 0.15) is 5.75 Å². The van der Waals surface area contributed by atoms with Gasteiger partial charge in [0.05, 0.1) is 42.4 Å². The number of likely N-dealkylation sites (tertiary alicyclic amines) is 1. The standard InChI is InChI=1S/C24H24N6O3/c1-15-6-8-19(30-25-10-11-26-30)17(13-15)24(31)29-12-4-5-20(29)22-27-23(33-28-22)18-14-16(2)7-9-21(18)32-3/h6-11,13-14,20H,4-5,12H2,1-3H3. The van der Waals surface area contributed by atoms with Crippen LogP contribution >= 0.6 is 0 Å². The minimum atomic E-state index is -0.273. The SMILES string of the molecule is COc1ccc(C)cc1-c1nc(C2CCCN2C(=O)c2cc(C)ccc2-n2nccn2)no1. The van der Waals surface area contributed by atoms with Gasteiger partial charge >= 0.3 is 0 Å². The number of ether oxygens (including phenoxy) is 1. The zero-order chi connectivity index (χ0) is 22.9. The van der Waals surface area contributed by atoms with Gasteiger partial charge in [0.2, 0.25) is 0 Å². The second kappa shape index (κ2) is 8.50. The van der Waals surface area contributed by atoms with E-state index >= 15 is 0 Å². The molecular formula is C24H24N6O3. The van der Waals surface area contributed by atoms with Crippen LogP contribution in [0.4, 0.5) is 0 Å². The highest BCUT2D eigenvalue weighted by molar-refractivity contribution is 5.98. The minimum absolute atomic E-state index is 0.104. The van der Waals surface area contributed by atoms with Crippen LogP contribution in [0.3, 0.4) is 0 Å². The van der Waals surface area contributed by atoms with Crippen molar-refractivity contribution in [1.29, 1.82) is 0 Å². The summed E-state index contributed by atoms with van der Waals surface area (Å²) in [6.07, 6.45) is 4.80. The quantitative estimate of drug-likeness (QED) is 0.460. The Morgan fingerprint density at radius 3 is 2.64 bits per heavy atom. The first kappa shape index (κ1) is 20.9. The maximum absolute atomic E-state index is 13.7. The molecule has 9 nitrogen and oxygen atoms in total. The summed E-state index contributed by atoms with van der Waals surface area (Å²) in [5.41, 5.74) is 3.96. The highest BCUT2D eigenvalue weighted by atomic mass is 16.5. The topological polar surface area (TPSA) is 99.2 Å². The van der Waals surface area contributed by atoms with Crippen molar-refractivity contribution in [3.05, 3.63) is 71.3 Å². The van der Waals surface area contributed by atoms with Crippen molar-refractivity contribution in [3.8, 4) is 22.9 Å². The number of aryl methyl sites for hydroxylation is 2. The summed E-state index contributed by atoms with van der Waals surface area (Å²) in [4.78, 5) is 21.6. The zero-order valence-electron chi connectivity index (χ0n) is 18.7. The highest BCUT2D eigenvalue weighted by Gasteiger charge is 2.35. The van der Waals surface area contributed by atoms with Gasteiger partial charge in [0.15, 0.2) is 5.82 Å². The molecule has 1 amide bonds. The molecule has 1 aliphatic rings. The number of rotatable bonds is 5. The molecule has 5 rings (SSSR count). The fourth-order valence-corrected chi connectivity index (χ4v) is 4.24. The Labute approximate surface area is 191 Å². The van der Waals surface area contributed by atoms with E-state index in [9.17, 15) is 4.79 Å². The first-order chi connectivity index (χ1) is 16.0. The molecule has 0 N–H and O–H groups in total. The van der Waals surface area contributed by atoms with Crippen molar-refractivity contribution in [1.82, 2.24) is 30.0 Å². The van der Waals surface area contributed by atoms with Crippen molar-refractivity contribution in [2.45, 2.75) is 32.7 Å². The van der Waals surface area contributed by atoms with Crippen molar-refractivity contribution in [2.24, 2.45) is 0 Å². The molecule has 0 radical (unpaired) electrons. The highest BCUT2D eigenvalue weighted by Crippen LogP contribution is 2.35. The molecule has 1 saturated heterocycles. The molecule has 1 aliphatic heterocycles. The molecule has 2 aromatic carbocycles. The van der Waals surface area contributed by atoms with E-state index < -0.39 is 0 Å². The zero-order valence-corrected chi connectivity index (χ0v) is 18.7. The third-order valence-corrected chi connectivity index (χ3v) is 5.86. The number of nitrogens with zero attached hydrogens (tertiary/aromatic N) is 6. The fourth-order valence-electron chi connectivity index (χ4n) is 4.24. The molecule has 2 aromatic heterocycles. The lowest BCUT2D eigenvalue weighted by atomic mass is 10.1. The second-order valence-electron chi connectivity index (χ2n) is 8.16. The number of methoxy groups -OCH3 is 1. The number of carbonyl (C=O) groups excluding carboxylic acids is 1. The van der Waals surface area contributed by atoms with E-state index in [-0.39, 0.29) is 11.9 Å². The smallest absolute Gasteiger partial charge is 0.261 e. The van der Waals surface area contributed by atoms with Gasteiger partial charge in [-0.05, 0) is 51.0 Å². The molecule has 168 valence electrons. The maximum atomic E-state index is 13.7. The van der Waals surface area contributed by atoms with Gasteiger partial charge in [-0.25, -0.2) is 0 Å². The van der Waals surface area contributed by atoms with Crippen LogP contribution in [-0.2, 0) is 0 Å². The first-order valence-corrected chi connectivity index (χ1v) is 10.8. The third kappa shape index (κ3) is 3.86. The minimum Gasteiger partial charge on any atom is -0.496 e. The molecule has 0 aliphatic carbocycles. The number of hydrogen-bond acceptors (Lipinski definition) is 7. The van der Waals surface area contributed by atoms with Crippen LogP contribution in [-0.4, -0.2) is 49.6 Å². The van der Waals surface area contributed by atoms with Crippen molar-refractivity contribution in [3.63, 3.8) is 0 Å². The molecule has 1 unspecified atom stereocenters. The van der Waals surface area contributed by atoms with E-state index in [2.05, 4.69) is 20.3 Å². The van der Waals surface area contributed by atoms with Gasteiger partial charge in [-0.3, -0.25) is 4.79 Å². The van der Waals surface area contributed by atoms with E-state index in [0.29, 0.717) is 35.3 Å². The van der Waals surface area contributed by atoms with Crippen molar-refractivity contribution < 1.29 is 14.1 Å². The summed E-state index contributed by atoms with van der Waals surface area (Å²) in [5, 5.41) is 12.6. The first-order valence-electron chi connectivity index (χ1n) is 10.8. The average Bonchev–Trinajstić information content (AvgIpc) is 3.60.